The Bertz CT molecular complexity index is 538. The quantitative estimate of drug-likeness (QED) is 0.902. The number of nitrogens with one attached hydrogen (secondary N) is 1. The highest BCUT2D eigenvalue weighted by Crippen LogP contribution is 2.13. The Morgan fingerprint density at radius 1 is 1.53 bits per heavy atom. The minimum atomic E-state index is -0.210. The Kier molecular flexibility index (Phi) is 3.43. The molecule has 0 aliphatic heterocycles. The first-order valence-corrected chi connectivity index (χ1v) is 6.03. The molecule has 0 aliphatic carbocycles. The maximum Gasteiger partial charge on any atom is 0.270 e. The summed E-state index contributed by atoms with van der Waals surface area (Å²) in [5.41, 5.74) is 1.77. The maximum absolute atomic E-state index is 11.9. The van der Waals surface area contributed by atoms with Crippen LogP contribution in [0.15, 0.2) is 18.3 Å². The Balaban J connectivity index is 2.16. The van der Waals surface area contributed by atoms with E-state index >= 15 is 0 Å². The SMILES string of the molecule is CCc1ccnc(NC(=O)c2snnc2C)c1. The number of hydrogen-bond donors (Lipinski definition) is 1. The van der Waals surface area contributed by atoms with Crippen molar-refractivity contribution in [2.24, 2.45) is 0 Å². The zero-order chi connectivity index (χ0) is 12.3. The van der Waals surface area contributed by atoms with Gasteiger partial charge < -0.3 is 5.32 Å². The minimum absolute atomic E-state index is 0.210. The van der Waals surface area contributed by atoms with E-state index in [-0.39, 0.29) is 5.91 Å². The fraction of sp³-hybridized carbons (Fsp3) is 0.273. The summed E-state index contributed by atoms with van der Waals surface area (Å²) in [4.78, 5) is 16.5. The molecule has 0 aromatic carbocycles. The Morgan fingerprint density at radius 3 is 3.00 bits per heavy atom. The maximum atomic E-state index is 11.9. The lowest BCUT2D eigenvalue weighted by atomic mass is 10.2. The van der Waals surface area contributed by atoms with E-state index in [9.17, 15) is 4.79 Å². The lowest BCUT2D eigenvalue weighted by Crippen LogP contribution is -2.12. The molecule has 5 nitrogen and oxygen atoms in total. The number of pyridine rings is 1. The van der Waals surface area contributed by atoms with Crippen LogP contribution in [0.2, 0.25) is 0 Å². The molecule has 0 unspecified atom stereocenters. The van der Waals surface area contributed by atoms with Crippen LogP contribution in [0.4, 0.5) is 5.82 Å². The number of anilines is 1. The van der Waals surface area contributed by atoms with Gasteiger partial charge in [0.2, 0.25) is 0 Å². The van der Waals surface area contributed by atoms with Gasteiger partial charge in [0.15, 0.2) is 0 Å². The standard InChI is InChI=1S/C11H12N4OS/c1-3-8-4-5-12-9(6-8)13-11(16)10-7(2)14-15-17-10/h4-6H,3H2,1-2H3,(H,12,13,16). The van der Waals surface area contributed by atoms with Crippen molar-refractivity contribution in [3.05, 3.63) is 34.5 Å². The molecule has 88 valence electrons. The summed E-state index contributed by atoms with van der Waals surface area (Å²) >= 11 is 1.09. The molecule has 0 saturated heterocycles. The molecule has 0 radical (unpaired) electrons. The van der Waals surface area contributed by atoms with Crippen LogP contribution < -0.4 is 5.32 Å². The van der Waals surface area contributed by atoms with Crippen molar-refractivity contribution in [2.75, 3.05) is 5.32 Å². The van der Waals surface area contributed by atoms with Gasteiger partial charge in [-0.25, -0.2) is 4.98 Å². The van der Waals surface area contributed by atoms with Gasteiger partial charge in [-0.2, -0.15) is 0 Å². The predicted molar refractivity (Wildman–Crippen MR) is 66.2 cm³/mol. The summed E-state index contributed by atoms with van der Waals surface area (Å²) in [7, 11) is 0. The van der Waals surface area contributed by atoms with Crippen LogP contribution in [0.25, 0.3) is 0 Å². The Labute approximate surface area is 103 Å². The summed E-state index contributed by atoms with van der Waals surface area (Å²) < 4.78 is 3.73. The summed E-state index contributed by atoms with van der Waals surface area (Å²) in [6, 6.07) is 3.79. The number of aromatic nitrogens is 3. The zero-order valence-electron chi connectivity index (χ0n) is 9.60. The van der Waals surface area contributed by atoms with E-state index in [0.717, 1.165) is 23.5 Å². The summed E-state index contributed by atoms with van der Waals surface area (Å²) in [5.74, 6) is 0.348. The fourth-order valence-electron chi connectivity index (χ4n) is 1.38. The van der Waals surface area contributed by atoms with Gasteiger partial charge in [0.1, 0.15) is 10.7 Å². The number of nitrogens with zero attached hydrogens (tertiary/aromatic N) is 3. The summed E-state index contributed by atoms with van der Waals surface area (Å²) in [6.45, 7) is 3.81. The van der Waals surface area contributed by atoms with Crippen molar-refractivity contribution in [1.82, 2.24) is 14.6 Å². The molecule has 2 heterocycles. The lowest BCUT2D eigenvalue weighted by molar-refractivity contribution is 0.102. The monoisotopic (exact) mass is 248 g/mol. The fourth-order valence-corrected chi connectivity index (χ4v) is 1.93. The first-order chi connectivity index (χ1) is 8.20. The largest absolute Gasteiger partial charge is 0.306 e. The van der Waals surface area contributed by atoms with Gasteiger partial charge >= 0.3 is 0 Å². The number of aryl methyl sites for hydroxylation is 2. The molecule has 6 heteroatoms. The molecule has 1 N–H and O–H groups in total. The third kappa shape index (κ3) is 2.65. The molecule has 0 aliphatic rings. The highest BCUT2D eigenvalue weighted by atomic mass is 32.1. The molecule has 0 fully saturated rings. The van der Waals surface area contributed by atoms with Crippen LogP contribution in [0, 0.1) is 6.92 Å². The third-order valence-electron chi connectivity index (χ3n) is 2.33. The van der Waals surface area contributed by atoms with E-state index in [2.05, 4.69) is 26.8 Å². The Hall–Kier alpha value is -1.82. The van der Waals surface area contributed by atoms with Gasteiger partial charge in [0, 0.05) is 6.20 Å². The van der Waals surface area contributed by atoms with E-state index in [1.54, 1.807) is 13.1 Å². The number of amides is 1. The smallest absolute Gasteiger partial charge is 0.270 e. The molecular weight excluding hydrogens is 236 g/mol. The predicted octanol–water partition coefficient (Wildman–Crippen LogP) is 2.06. The van der Waals surface area contributed by atoms with E-state index in [4.69, 9.17) is 0 Å². The second kappa shape index (κ2) is 5.01. The van der Waals surface area contributed by atoms with Crippen molar-refractivity contribution >= 4 is 23.3 Å². The van der Waals surface area contributed by atoms with Gasteiger partial charge in [-0.05, 0) is 42.6 Å². The highest BCUT2D eigenvalue weighted by Gasteiger charge is 2.13. The lowest BCUT2D eigenvalue weighted by Gasteiger charge is -2.04. The molecule has 0 spiro atoms. The van der Waals surface area contributed by atoms with Crippen LogP contribution in [-0.2, 0) is 6.42 Å². The van der Waals surface area contributed by atoms with Crippen molar-refractivity contribution < 1.29 is 4.79 Å². The summed E-state index contributed by atoms with van der Waals surface area (Å²) in [5, 5.41) is 6.54. The van der Waals surface area contributed by atoms with Gasteiger partial charge in [-0.1, -0.05) is 11.4 Å². The van der Waals surface area contributed by atoms with Crippen LogP contribution in [-0.4, -0.2) is 20.5 Å². The zero-order valence-corrected chi connectivity index (χ0v) is 10.4. The third-order valence-corrected chi connectivity index (χ3v) is 3.16. The molecule has 1 amide bonds. The molecule has 0 saturated carbocycles. The molecule has 0 bridgehead atoms. The highest BCUT2D eigenvalue weighted by molar-refractivity contribution is 7.08. The average Bonchev–Trinajstić information content (AvgIpc) is 2.76. The molecule has 2 rings (SSSR count). The number of carbonyl (C=O) groups is 1. The number of rotatable bonds is 3. The van der Waals surface area contributed by atoms with Gasteiger partial charge in [0.05, 0.1) is 5.69 Å². The van der Waals surface area contributed by atoms with Crippen molar-refractivity contribution in [3.8, 4) is 0 Å². The normalized spacial score (nSPS) is 10.2. The topological polar surface area (TPSA) is 67.8 Å². The molecule has 0 atom stereocenters. The van der Waals surface area contributed by atoms with Crippen LogP contribution in [0.3, 0.4) is 0 Å². The molecule has 17 heavy (non-hydrogen) atoms. The van der Waals surface area contributed by atoms with Crippen LogP contribution in [0.1, 0.15) is 27.9 Å². The molecular formula is C11H12N4OS. The summed E-state index contributed by atoms with van der Waals surface area (Å²) in [6.07, 6.45) is 2.60. The average molecular weight is 248 g/mol. The van der Waals surface area contributed by atoms with Crippen LogP contribution >= 0.6 is 11.5 Å². The Morgan fingerprint density at radius 2 is 2.35 bits per heavy atom. The van der Waals surface area contributed by atoms with Crippen molar-refractivity contribution in [1.29, 1.82) is 0 Å². The second-order valence-corrected chi connectivity index (χ2v) is 4.30. The minimum Gasteiger partial charge on any atom is -0.306 e. The van der Waals surface area contributed by atoms with Gasteiger partial charge in [0.25, 0.3) is 5.91 Å². The van der Waals surface area contributed by atoms with Crippen LogP contribution in [0.5, 0.6) is 0 Å². The number of hydrogen-bond acceptors (Lipinski definition) is 5. The number of carbonyl (C=O) groups excluding carboxylic acids is 1. The first kappa shape index (κ1) is 11.7. The van der Waals surface area contributed by atoms with E-state index in [0.29, 0.717) is 16.4 Å². The van der Waals surface area contributed by atoms with Crippen molar-refractivity contribution in [2.45, 2.75) is 20.3 Å². The van der Waals surface area contributed by atoms with Gasteiger partial charge in [-0.15, -0.1) is 5.10 Å². The van der Waals surface area contributed by atoms with E-state index < -0.39 is 0 Å². The molecule has 2 aromatic heterocycles. The van der Waals surface area contributed by atoms with Crippen molar-refractivity contribution in [3.63, 3.8) is 0 Å². The van der Waals surface area contributed by atoms with E-state index in [1.165, 1.54) is 0 Å². The molecule has 2 aromatic rings. The first-order valence-electron chi connectivity index (χ1n) is 5.26. The van der Waals surface area contributed by atoms with Gasteiger partial charge in [-0.3, -0.25) is 4.79 Å². The second-order valence-electron chi connectivity index (χ2n) is 3.54. The van der Waals surface area contributed by atoms with E-state index in [1.807, 2.05) is 12.1 Å².